The molecule has 140 valence electrons. The lowest BCUT2D eigenvalue weighted by Gasteiger charge is -2.35. The highest BCUT2D eigenvalue weighted by molar-refractivity contribution is 6.00. The summed E-state index contributed by atoms with van der Waals surface area (Å²) in [7, 11) is 0. The molecule has 4 heterocycles. The average Bonchev–Trinajstić information content (AvgIpc) is 3.43. The Morgan fingerprint density at radius 2 is 1.82 bits per heavy atom. The van der Waals surface area contributed by atoms with Gasteiger partial charge in [-0.15, -0.1) is 0 Å². The van der Waals surface area contributed by atoms with Crippen molar-refractivity contribution >= 4 is 22.9 Å². The van der Waals surface area contributed by atoms with Gasteiger partial charge in [0.05, 0.1) is 23.8 Å². The minimum Gasteiger partial charge on any atom is -0.351 e. The number of hydrogen-bond acceptors (Lipinski definition) is 6. The maximum Gasteiger partial charge on any atom is 0.257 e. The van der Waals surface area contributed by atoms with Crippen LogP contribution in [0.1, 0.15) is 10.4 Å². The van der Waals surface area contributed by atoms with Crippen molar-refractivity contribution in [1.82, 2.24) is 35.0 Å². The van der Waals surface area contributed by atoms with Gasteiger partial charge in [0.2, 0.25) is 0 Å². The summed E-state index contributed by atoms with van der Waals surface area (Å²) in [6.45, 7) is 2.60. The Labute approximate surface area is 160 Å². The van der Waals surface area contributed by atoms with Gasteiger partial charge in [-0.2, -0.15) is 5.10 Å². The lowest BCUT2D eigenvalue weighted by Crippen LogP contribution is -2.49. The lowest BCUT2D eigenvalue weighted by atomic mass is 10.1. The van der Waals surface area contributed by atoms with E-state index in [1.807, 2.05) is 35.2 Å². The van der Waals surface area contributed by atoms with Gasteiger partial charge in [-0.25, -0.2) is 15.0 Å². The van der Waals surface area contributed by atoms with Crippen molar-refractivity contribution in [1.29, 1.82) is 0 Å². The van der Waals surface area contributed by atoms with Gasteiger partial charge in [0, 0.05) is 31.7 Å². The number of fused-ring (bicyclic) bond motifs is 1. The van der Waals surface area contributed by atoms with Gasteiger partial charge >= 0.3 is 0 Å². The number of carbonyl (C=O) groups is 1. The molecule has 1 amide bonds. The summed E-state index contributed by atoms with van der Waals surface area (Å²) in [5.41, 5.74) is 3.77. The van der Waals surface area contributed by atoms with Gasteiger partial charge in [0.25, 0.3) is 5.91 Å². The van der Waals surface area contributed by atoms with Gasteiger partial charge < -0.3 is 14.8 Å². The SMILES string of the molecule is O=C(c1cn[nH]c1-c1ccccc1)N1CCN(c2ncnc3nc[nH]c23)CC1. The van der Waals surface area contributed by atoms with Crippen molar-refractivity contribution in [3.05, 3.63) is 54.7 Å². The second-order valence-electron chi connectivity index (χ2n) is 6.60. The molecule has 0 spiro atoms. The predicted octanol–water partition coefficient (Wildman–Crippen LogP) is 1.71. The normalized spacial score (nSPS) is 14.6. The number of piperazine rings is 1. The zero-order valence-electron chi connectivity index (χ0n) is 15.0. The number of hydrogen-bond donors (Lipinski definition) is 2. The third-order valence-electron chi connectivity index (χ3n) is 5.00. The van der Waals surface area contributed by atoms with E-state index in [1.165, 1.54) is 6.33 Å². The number of rotatable bonds is 3. The van der Waals surface area contributed by atoms with E-state index in [2.05, 4.69) is 35.0 Å². The van der Waals surface area contributed by atoms with Crippen LogP contribution in [0, 0.1) is 0 Å². The maximum atomic E-state index is 13.1. The smallest absolute Gasteiger partial charge is 0.257 e. The Kier molecular flexibility index (Phi) is 3.97. The topological polar surface area (TPSA) is 107 Å². The Balaban J connectivity index is 1.33. The molecule has 1 saturated heterocycles. The number of benzene rings is 1. The molecular formula is C19H18N8O. The molecule has 0 radical (unpaired) electrons. The molecule has 1 fully saturated rings. The van der Waals surface area contributed by atoms with Crippen LogP contribution in [0.5, 0.6) is 0 Å². The van der Waals surface area contributed by atoms with E-state index in [0.29, 0.717) is 37.4 Å². The van der Waals surface area contributed by atoms with E-state index in [9.17, 15) is 4.79 Å². The molecule has 2 N–H and O–H groups in total. The number of aromatic amines is 2. The van der Waals surface area contributed by atoms with Crippen LogP contribution in [0.2, 0.25) is 0 Å². The van der Waals surface area contributed by atoms with Crippen molar-refractivity contribution in [3.63, 3.8) is 0 Å². The molecule has 1 aliphatic heterocycles. The predicted molar refractivity (Wildman–Crippen MR) is 104 cm³/mol. The lowest BCUT2D eigenvalue weighted by molar-refractivity contribution is 0.0747. The van der Waals surface area contributed by atoms with E-state index in [1.54, 1.807) is 12.5 Å². The Hall–Kier alpha value is -3.75. The van der Waals surface area contributed by atoms with Gasteiger partial charge in [0.15, 0.2) is 11.5 Å². The molecular weight excluding hydrogens is 356 g/mol. The van der Waals surface area contributed by atoms with Gasteiger partial charge in [-0.05, 0) is 0 Å². The van der Waals surface area contributed by atoms with E-state index >= 15 is 0 Å². The summed E-state index contributed by atoms with van der Waals surface area (Å²) in [4.78, 5) is 32.9. The zero-order chi connectivity index (χ0) is 18.9. The third kappa shape index (κ3) is 2.77. The molecule has 3 aromatic heterocycles. The fourth-order valence-electron chi connectivity index (χ4n) is 3.56. The average molecular weight is 374 g/mol. The fraction of sp³-hybridized carbons (Fsp3) is 0.211. The van der Waals surface area contributed by atoms with Gasteiger partial charge in [0.1, 0.15) is 11.8 Å². The first-order chi connectivity index (χ1) is 13.8. The van der Waals surface area contributed by atoms with Crippen LogP contribution in [0.3, 0.4) is 0 Å². The second-order valence-corrected chi connectivity index (χ2v) is 6.60. The van der Waals surface area contributed by atoms with Crippen molar-refractivity contribution in [3.8, 4) is 11.3 Å². The Bertz CT molecular complexity index is 1110. The zero-order valence-corrected chi connectivity index (χ0v) is 15.0. The van der Waals surface area contributed by atoms with Gasteiger partial charge in [-0.3, -0.25) is 9.89 Å². The molecule has 28 heavy (non-hydrogen) atoms. The molecule has 0 unspecified atom stereocenters. The van der Waals surface area contributed by atoms with Crippen LogP contribution >= 0.6 is 0 Å². The minimum atomic E-state index is -0.0124. The number of anilines is 1. The third-order valence-corrected chi connectivity index (χ3v) is 5.00. The minimum absolute atomic E-state index is 0.0124. The molecule has 0 aliphatic carbocycles. The highest BCUT2D eigenvalue weighted by atomic mass is 16.2. The van der Waals surface area contributed by atoms with Crippen LogP contribution in [-0.4, -0.2) is 67.1 Å². The summed E-state index contributed by atoms with van der Waals surface area (Å²) in [6, 6.07) is 9.77. The van der Waals surface area contributed by atoms with Gasteiger partial charge in [-0.1, -0.05) is 30.3 Å². The summed E-state index contributed by atoms with van der Waals surface area (Å²) in [6.07, 6.45) is 4.75. The highest BCUT2D eigenvalue weighted by Crippen LogP contribution is 2.24. The highest BCUT2D eigenvalue weighted by Gasteiger charge is 2.26. The monoisotopic (exact) mass is 374 g/mol. The number of imidazole rings is 1. The molecule has 4 aromatic rings. The van der Waals surface area contributed by atoms with Crippen LogP contribution < -0.4 is 4.90 Å². The standard InChI is InChI=1S/C19H18N8O/c28-19(14-10-24-25-15(14)13-4-2-1-3-5-13)27-8-6-26(7-9-27)18-16-17(21-11-20-16)22-12-23-18/h1-5,10-12H,6-9H2,(H,24,25)(H,20,21,22,23). The molecule has 9 heteroatoms. The molecule has 1 aliphatic rings. The van der Waals surface area contributed by atoms with Crippen LogP contribution in [0.15, 0.2) is 49.2 Å². The quantitative estimate of drug-likeness (QED) is 0.565. The number of H-pyrrole nitrogens is 2. The summed E-state index contributed by atoms with van der Waals surface area (Å²) in [5, 5.41) is 7.05. The molecule has 9 nitrogen and oxygen atoms in total. The summed E-state index contributed by atoms with van der Waals surface area (Å²) in [5.74, 6) is 0.810. The van der Waals surface area contributed by atoms with Crippen LogP contribution in [-0.2, 0) is 0 Å². The molecule has 0 saturated carbocycles. The Morgan fingerprint density at radius 3 is 2.64 bits per heavy atom. The fourth-order valence-corrected chi connectivity index (χ4v) is 3.56. The Morgan fingerprint density at radius 1 is 1.00 bits per heavy atom. The van der Waals surface area contributed by atoms with Crippen LogP contribution in [0.25, 0.3) is 22.4 Å². The van der Waals surface area contributed by atoms with E-state index in [4.69, 9.17) is 0 Å². The first kappa shape index (κ1) is 16.4. The van der Waals surface area contributed by atoms with E-state index in [-0.39, 0.29) is 5.91 Å². The first-order valence-electron chi connectivity index (χ1n) is 9.08. The molecule has 5 rings (SSSR count). The second kappa shape index (κ2) is 6.76. The number of aromatic nitrogens is 6. The number of nitrogens with zero attached hydrogens (tertiary/aromatic N) is 6. The van der Waals surface area contributed by atoms with Crippen molar-refractivity contribution in [2.24, 2.45) is 0 Å². The van der Waals surface area contributed by atoms with E-state index < -0.39 is 0 Å². The maximum absolute atomic E-state index is 13.1. The summed E-state index contributed by atoms with van der Waals surface area (Å²) < 4.78 is 0. The van der Waals surface area contributed by atoms with E-state index in [0.717, 1.165) is 22.6 Å². The number of nitrogens with one attached hydrogen (secondary N) is 2. The number of amides is 1. The van der Waals surface area contributed by atoms with Crippen molar-refractivity contribution in [2.45, 2.75) is 0 Å². The molecule has 1 aromatic carbocycles. The van der Waals surface area contributed by atoms with Crippen LogP contribution in [0.4, 0.5) is 5.82 Å². The summed E-state index contributed by atoms with van der Waals surface area (Å²) >= 11 is 0. The first-order valence-corrected chi connectivity index (χ1v) is 9.08. The number of carbonyl (C=O) groups excluding carboxylic acids is 1. The molecule has 0 bridgehead atoms. The largest absolute Gasteiger partial charge is 0.351 e. The van der Waals surface area contributed by atoms with Crippen molar-refractivity contribution < 1.29 is 4.79 Å². The molecule has 0 atom stereocenters. The van der Waals surface area contributed by atoms with Crippen molar-refractivity contribution in [2.75, 3.05) is 31.1 Å².